The zero-order valence-corrected chi connectivity index (χ0v) is 13.2. The van der Waals surface area contributed by atoms with Crippen LogP contribution in [0.25, 0.3) is 0 Å². The summed E-state index contributed by atoms with van der Waals surface area (Å²) in [5.74, 6) is 0.156. The van der Waals surface area contributed by atoms with E-state index in [2.05, 4.69) is 5.32 Å². The third-order valence-electron chi connectivity index (χ3n) is 3.17. The number of ether oxygens (including phenoxy) is 2. The van der Waals surface area contributed by atoms with Gasteiger partial charge in [0.2, 0.25) is 0 Å². The Morgan fingerprint density at radius 1 is 1.24 bits per heavy atom. The summed E-state index contributed by atoms with van der Waals surface area (Å²) in [6, 6.07) is 4.53. The molecule has 0 aromatic heterocycles. The zero-order chi connectivity index (χ0) is 16.0. The number of carbonyl (C=O) groups is 2. The number of rotatable bonds is 6. The minimum atomic E-state index is -0.644. The monoisotopic (exact) mass is 293 g/mol. The third kappa shape index (κ3) is 4.77. The molecule has 0 radical (unpaired) electrons. The minimum Gasteiger partial charge on any atom is -0.496 e. The second-order valence-electron chi connectivity index (χ2n) is 5.36. The first-order valence-electron chi connectivity index (χ1n) is 6.92. The summed E-state index contributed by atoms with van der Waals surface area (Å²) in [6.07, 6.45) is 0.529. The molecule has 0 bridgehead atoms. The fourth-order valence-electron chi connectivity index (χ4n) is 2.03. The Morgan fingerprint density at radius 2 is 1.90 bits per heavy atom. The highest BCUT2D eigenvalue weighted by Gasteiger charge is 2.23. The first-order valence-corrected chi connectivity index (χ1v) is 6.92. The van der Waals surface area contributed by atoms with Crippen molar-refractivity contribution in [1.82, 2.24) is 5.32 Å². The van der Waals surface area contributed by atoms with E-state index in [-0.39, 0.29) is 11.8 Å². The van der Waals surface area contributed by atoms with E-state index < -0.39 is 12.0 Å². The molecule has 1 unspecified atom stereocenters. The van der Waals surface area contributed by atoms with Crippen LogP contribution in [0, 0.1) is 12.8 Å². The molecular weight excluding hydrogens is 270 g/mol. The van der Waals surface area contributed by atoms with Crippen LogP contribution in [0.1, 0.15) is 36.2 Å². The van der Waals surface area contributed by atoms with Crippen LogP contribution in [0.4, 0.5) is 0 Å². The van der Waals surface area contributed by atoms with Gasteiger partial charge in [0.1, 0.15) is 11.8 Å². The quantitative estimate of drug-likeness (QED) is 0.818. The van der Waals surface area contributed by atoms with Gasteiger partial charge in [-0.25, -0.2) is 4.79 Å². The van der Waals surface area contributed by atoms with Crippen LogP contribution in [0.15, 0.2) is 18.2 Å². The van der Waals surface area contributed by atoms with Crippen molar-refractivity contribution in [2.45, 2.75) is 33.2 Å². The van der Waals surface area contributed by atoms with Gasteiger partial charge >= 0.3 is 5.97 Å². The average Bonchev–Trinajstić information content (AvgIpc) is 2.45. The number of hydrogen-bond donors (Lipinski definition) is 1. The second-order valence-corrected chi connectivity index (χ2v) is 5.36. The second kappa shape index (κ2) is 7.67. The molecular formula is C16H23NO4. The van der Waals surface area contributed by atoms with Crippen LogP contribution in [-0.4, -0.2) is 32.1 Å². The molecule has 21 heavy (non-hydrogen) atoms. The molecule has 1 rings (SSSR count). The number of esters is 1. The molecule has 0 saturated carbocycles. The first-order chi connectivity index (χ1) is 9.88. The van der Waals surface area contributed by atoms with Crippen LogP contribution in [0.3, 0.4) is 0 Å². The lowest BCUT2D eigenvalue weighted by Crippen LogP contribution is -2.42. The summed E-state index contributed by atoms with van der Waals surface area (Å²) in [5.41, 5.74) is 1.40. The molecule has 0 spiro atoms. The highest BCUT2D eigenvalue weighted by atomic mass is 16.5. The number of benzene rings is 1. The number of methoxy groups -OCH3 is 2. The summed E-state index contributed by atoms with van der Waals surface area (Å²) in [4.78, 5) is 24.0. The van der Waals surface area contributed by atoms with Gasteiger partial charge in [-0.3, -0.25) is 4.79 Å². The Kier molecular flexibility index (Phi) is 6.21. The lowest BCUT2D eigenvalue weighted by Gasteiger charge is -2.18. The summed E-state index contributed by atoms with van der Waals surface area (Å²) >= 11 is 0. The van der Waals surface area contributed by atoms with Crippen molar-refractivity contribution < 1.29 is 19.1 Å². The molecule has 0 aliphatic carbocycles. The maximum absolute atomic E-state index is 12.3. The van der Waals surface area contributed by atoms with E-state index in [9.17, 15) is 9.59 Å². The predicted octanol–water partition coefficient (Wildman–Crippen LogP) is 2.32. The lowest BCUT2D eigenvalue weighted by atomic mass is 10.0. The van der Waals surface area contributed by atoms with Crippen LogP contribution in [-0.2, 0) is 9.53 Å². The molecule has 0 aliphatic rings. The molecule has 1 aromatic carbocycles. The number of aryl methyl sites for hydroxylation is 1. The van der Waals surface area contributed by atoms with Gasteiger partial charge in [0, 0.05) is 5.56 Å². The van der Waals surface area contributed by atoms with Gasteiger partial charge in [0.15, 0.2) is 0 Å². The molecule has 1 atom stereocenters. The summed E-state index contributed by atoms with van der Waals surface area (Å²) in [6.45, 7) is 5.87. The maximum Gasteiger partial charge on any atom is 0.328 e. The van der Waals surface area contributed by atoms with Gasteiger partial charge in [-0.15, -0.1) is 0 Å². The normalized spacial score (nSPS) is 11.9. The van der Waals surface area contributed by atoms with Crippen molar-refractivity contribution in [3.05, 3.63) is 29.3 Å². The third-order valence-corrected chi connectivity index (χ3v) is 3.17. The van der Waals surface area contributed by atoms with Gasteiger partial charge in [-0.2, -0.15) is 0 Å². The van der Waals surface area contributed by atoms with Crippen LogP contribution < -0.4 is 10.1 Å². The molecule has 0 heterocycles. The van der Waals surface area contributed by atoms with E-state index >= 15 is 0 Å². The van der Waals surface area contributed by atoms with Crippen molar-refractivity contribution in [3.8, 4) is 5.75 Å². The number of carbonyl (C=O) groups excluding carboxylic acids is 2. The molecule has 0 aliphatic heterocycles. The predicted molar refractivity (Wildman–Crippen MR) is 80.5 cm³/mol. The molecule has 5 heteroatoms. The fourth-order valence-corrected chi connectivity index (χ4v) is 2.03. The topological polar surface area (TPSA) is 64.6 Å². The SMILES string of the molecule is COC(=O)C(CC(C)C)NC(=O)c1ccc(C)c(OC)c1. The van der Waals surface area contributed by atoms with Crippen LogP contribution in [0.5, 0.6) is 5.75 Å². The Balaban J connectivity index is 2.88. The van der Waals surface area contributed by atoms with Gasteiger partial charge in [0.25, 0.3) is 5.91 Å². The molecule has 1 aromatic rings. The van der Waals surface area contributed by atoms with E-state index in [0.29, 0.717) is 17.7 Å². The molecule has 0 fully saturated rings. The van der Waals surface area contributed by atoms with Gasteiger partial charge in [-0.05, 0) is 37.0 Å². The van der Waals surface area contributed by atoms with Crippen molar-refractivity contribution >= 4 is 11.9 Å². The highest BCUT2D eigenvalue weighted by Crippen LogP contribution is 2.19. The fraction of sp³-hybridized carbons (Fsp3) is 0.500. The summed E-state index contributed by atoms with van der Waals surface area (Å²) < 4.78 is 9.94. The van der Waals surface area contributed by atoms with Gasteiger partial charge in [-0.1, -0.05) is 19.9 Å². The molecule has 0 saturated heterocycles. The van der Waals surface area contributed by atoms with Crippen molar-refractivity contribution in [2.24, 2.45) is 5.92 Å². The van der Waals surface area contributed by atoms with Crippen LogP contribution in [0.2, 0.25) is 0 Å². The van der Waals surface area contributed by atoms with E-state index in [1.54, 1.807) is 19.2 Å². The lowest BCUT2D eigenvalue weighted by molar-refractivity contribution is -0.143. The smallest absolute Gasteiger partial charge is 0.328 e. The van der Waals surface area contributed by atoms with Crippen molar-refractivity contribution in [2.75, 3.05) is 14.2 Å². The number of amides is 1. The first kappa shape index (κ1) is 17.0. The standard InChI is InChI=1S/C16H23NO4/c1-10(2)8-13(16(19)21-5)17-15(18)12-7-6-11(3)14(9-12)20-4/h6-7,9-10,13H,8H2,1-5H3,(H,17,18). The molecule has 5 nitrogen and oxygen atoms in total. The van der Waals surface area contributed by atoms with Gasteiger partial charge < -0.3 is 14.8 Å². The largest absolute Gasteiger partial charge is 0.496 e. The Morgan fingerprint density at radius 3 is 2.43 bits per heavy atom. The summed E-state index contributed by atoms with van der Waals surface area (Å²) in [5, 5.41) is 2.72. The van der Waals surface area contributed by atoms with E-state index in [4.69, 9.17) is 9.47 Å². The minimum absolute atomic E-state index is 0.266. The number of hydrogen-bond acceptors (Lipinski definition) is 4. The molecule has 1 amide bonds. The zero-order valence-electron chi connectivity index (χ0n) is 13.2. The Hall–Kier alpha value is -2.04. The van der Waals surface area contributed by atoms with Crippen molar-refractivity contribution in [3.63, 3.8) is 0 Å². The van der Waals surface area contributed by atoms with Crippen LogP contribution >= 0.6 is 0 Å². The summed E-state index contributed by atoms with van der Waals surface area (Å²) in [7, 11) is 2.87. The highest BCUT2D eigenvalue weighted by molar-refractivity contribution is 5.97. The molecule has 116 valence electrons. The van der Waals surface area contributed by atoms with E-state index in [1.807, 2.05) is 26.8 Å². The Labute approximate surface area is 125 Å². The van der Waals surface area contributed by atoms with E-state index in [1.165, 1.54) is 7.11 Å². The van der Waals surface area contributed by atoms with E-state index in [0.717, 1.165) is 5.56 Å². The average molecular weight is 293 g/mol. The number of nitrogens with one attached hydrogen (secondary N) is 1. The Bertz CT molecular complexity index is 511. The van der Waals surface area contributed by atoms with Crippen molar-refractivity contribution in [1.29, 1.82) is 0 Å². The van der Waals surface area contributed by atoms with Gasteiger partial charge in [0.05, 0.1) is 14.2 Å². The maximum atomic E-state index is 12.3. The molecule has 1 N–H and O–H groups in total.